The Labute approximate surface area is 123 Å². The van der Waals surface area contributed by atoms with Gasteiger partial charge in [0.15, 0.2) is 0 Å². The Bertz CT molecular complexity index is 480. The molecule has 8 heteroatoms. The highest BCUT2D eigenvalue weighted by molar-refractivity contribution is 5.90. The minimum absolute atomic E-state index is 0.000599. The van der Waals surface area contributed by atoms with E-state index in [4.69, 9.17) is 4.52 Å². The van der Waals surface area contributed by atoms with Crippen molar-refractivity contribution in [3.8, 4) is 0 Å². The third-order valence-corrected chi connectivity index (χ3v) is 3.29. The second-order valence-electron chi connectivity index (χ2n) is 6.02. The summed E-state index contributed by atoms with van der Waals surface area (Å²) in [7, 11) is 3.71. The first-order chi connectivity index (χ1) is 9.87. The average molecular weight is 297 g/mol. The first-order valence-corrected chi connectivity index (χ1v) is 7.10. The van der Waals surface area contributed by atoms with Crippen molar-refractivity contribution in [1.82, 2.24) is 25.7 Å². The van der Waals surface area contributed by atoms with E-state index in [9.17, 15) is 9.90 Å². The van der Waals surface area contributed by atoms with Crippen molar-refractivity contribution in [1.29, 1.82) is 0 Å². The molecule has 2 heterocycles. The number of aliphatic hydroxyl groups is 1. The molecule has 1 aromatic rings. The molecule has 2 atom stereocenters. The predicted octanol–water partition coefficient (Wildman–Crippen LogP) is -0.463. The number of nitrogens with one attached hydrogen (secondary N) is 2. The highest BCUT2D eigenvalue weighted by atomic mass is 16.5. The first-order valence-electron chi connectivity index (χ1n) is 7.10. The van der Waals surface area contributed by atoms with Gasteiger partial charge in [-0.3, -0.25) is 4.79 Å². The fourth-order valence-corrected chi connectivity index (χ4v) is 2.45. The predicted molar refractivity (Wildman–Crippen MR) is 75.8 cm³/mol. The van der Waals surface area contributed by atoms with E-state index in [1.165, 1.54) is 0 Å². The highest BCUT2D eigenvalue weighted by Crippen LogP contribution is 2.20. The molecule has 2 rings (SSSR count). The van der Waals surface area contributed by atoms with E-state index < -0.39 is 11.5 Å². The van der Waals surface area contributed by atoms with Crippen molar-refractivity contribution in [3.63, 3.8) is 0 Å². The molecule has 0 spiro atoms. The van der Waals surface area contributed by atoms with E-state index in [1.807, 2.05) is 19.0 Å². The molecule has 0 saturated carbocycles. The molecule has 2 unspecified atom stereocenters. The summed E-state index contributed by atoms with van der Waals surface area (Å²) < 4.78 is 5.11. The molecule has 1 amide bonds. The van der Waals surface area contributed by atoms with Gasteiger partial charge in [-0.05, 0) is 40.4 Å². The molecule has 3 N–H and O–H groups in total. The summed E-state index contributed by atoms with van der Waals surface area (Å²) in [6.07, 6.45) is 1.99. The van der Waals surface area contributed by atoms with Crippen LogP contribution in [0.2, 0.25) is 0 Å². The largest absolute Gasteiger partial charge is 0.387 e. The van der Waals surface area contributed by atoms with Gasteiger partial charge in [0.1, 0.15) is 0 Å². The lowest BCUT2D eigenvalue weighted by Crippen LogP contribution is -2.47. The number of amides is 1. The van der Waals surface area contributed by atoms with Gasteiger partial charge in [0.25, 0.3) is 11.7 Å². The van der Waals surface area contributed by atoms with E-state index in [0.717, 1.165) is 19.4 Å². The van der Waals surface area contributed by atoms with E-state index in [0.29, 0.717) is 12.4 Å². The molecule has 21 heavy (non-hydrogen) atoms. The quantitative estimate of drug-likeness (QED) is 0.652. The number of rotatable bonds is 6. The summed E-state index contributed by atoms with van der Waals surface area (Å²) >= 11 is 0. The topological polar surface area (TPSA) is 104 Å². The van der Waals surface area contributed by atoms with Crippen LogP contribution in [0.4, 0.5) is 0 Å². The smallest absolute Gasteiger partial charge is 0.292 e. The third kappa shape index (κ3) is 4.48. The number of carbonyl (C=O) groups is 1. The highest BCUT2D eigenvalue weighted by Gasteiger charge is 2.26. The lowest BCUT2D eigenvalue weighted by Gasteiger charge is -2.26. The van der Waals surface area contributed by atoms with Crippen LogP contribution in [0.5, 0.6) is 0 Å². The Morgan fingerprint density at radius 2 is 2.38 bits per heavy atom. The Kier molecular flexibility index (Phi) is 4.92. The maximum atomic E-state index is 12.0. The molecule has 118 valence electrons. The fraction of sp³-hybridized carbons (Fsp3) is 0.769. The minimum Gasteiger partial charge on any atom is -0.387 e. The summed E-state index contributed by atoms with van der Waals surface area (Å²) in [4.78, 5) is 17.9. The first kappa shape index (κ1) is 15.9. The summed E-state index contributed by atoms with van der Waals surface area (Å²) in [5.41, 5.74) is -1.02. The molecule has 1 aliphatic heterocycles. The molecule has 1 fully saturated rings. The molecule has 1 saturated heterocycles. The molecule has 8 nitrogen and oxygen atoms in total. The standard InChI is InChI=1S/C13H23N5O3/c1-13(20,8-18(2)3)7-15-11(19)10-16-12(21-17-10)9-5-4-6-14-9/h9,14,20H,4-8H2,1-3H3,(H,15,19). The zero-order valence-corrected chi connectivity index (χ0v) is 12.7. The SMILES string of the molecule is CN(C)CC(C)(O)CNC(=O)c1noc(C2CCCN2)n1. The van der Waals surface area contributed by atoms with Gasteiger partial charge in [0, 0.05) is 13.1 Å². The van der Waals surface area contributed by atoms with Crippen molar-refractivity contribution in [2.75, 3.05) is 33.7 Å². The van der Waals surface area contributed by atoms with Crippen LogP contribution in [0, 0.1) is 0 Å². The number of aromatic nitrogens is 2. The molecular formula is C13H23N5O3. The number of nitrogens with zero attached hydrogens (tertiary/aromatic N) is 3. The van der Waals surface area contributed by atoms with Gasteiger partial charge in [-0.25, -0.2) is 0 Å². The normalized spacial score (nSPS) is 21.5. The van der Waals surface area contributed by atoms with E-state index >= 15 is 0 Å². The van der Waals surface area contributed by atoms with Crippen LogP contribution in [0.25, 0.3) is 0 Å². The number of carbonyl (C=O) groups excluding carboxylic acids is 1. The number of hydrogen-bond acceptors (Lipinski definition) is 7. The Balaban J connectivity index is 1.88. The maximum Gasteiger partial charge on any atom is 0.292 e. The summed E-state index contributed by atoms with van der Waals surface area (Å²) in [6.45, 7) is 3.14. The van der Waals surface area contributed by atoms with Crippen molar-refractivity contribution in [2.45, 2.75) is 31.4 Å². The molecule has 0 bridgehead atoms. The van der Waals surface area contributed by atoms with Crippen molar-refractivity contribution >= 4 is 5.91 Å². The van der Waals surface area contributed by atoms with E-state index in [-0.39, 0.29) is 18.4 Å². The van der Waals surface area contributed by atoms with Crippen LogP contribution in [0.1, 0.15) is 42.3 Å². The molecule has 1 aliphatic rings. The Morgan fingerprint density at radius 1 is 1.62 bits per heavy atom. The van der Waals surface area contributed by atoms with Crippen LogP contribution in [-0.2, 0) is 0 Å². The van der Waals surface area contributed by atoms with E-state index in [1.54, 1.807) is 6.92 Å². The van der Waals surface area contributed by atoms with Crippen molar-refractivity contribution < 1.29 is 14.4 Å². The third-order valence-electron chi connectivity index (χ3n) is 3.29. The maximum absolute atomic E-state index is 12.0. The summed E-state index contributed by atoms with van der Waals surface area (Å²) in [5.74, 6) is -0.000849. The molecule has 0 radical (unpaired) electrons. The van der Waals surface area contributed by atoms with Gasteiger partial charge in [0.05, 0.1) is 11.6 Å². The van der Waals surface area contributed by atoms with Gasteiger partial charge in [-0.1, -0.05) is 5.16 Å². The monoisotopic (exact) mass is 297 g/mol. The van der Waals surface area contributed by atoms with Crippen LogP contribution in [-0.4, -0.2) is 65.4 Å². The lowest BCUT2D eigenvalue weighted by atomic mass is 10.1. The number of likely N-dealkylation sites (N-methyl/N-ethyl adjacent to an activating group) is 1. The van der Waals surface area contributed by atoms with Crippen LogP contribution in [0.15, 0.2) is 4.52 Å². The van der Waals surface area contributed by atoms with Crippen molar-refractivity contribution in [3.05, 3.63) is 11.7 Å². The van der Waals surface area contributed by atoms with Gasteiger partial charge >= 0.3 is 0 Å². The Hall–Kier alpha value is -1.51. The average Bonchev–Trinajstić information content (AvgIpc) is 3.04. The van der Waals surface area contributed by atoms with Gasteiger partial charge in [-0.2, -0.15) is 4.98 Å². The van der Waals surface area contributed by atoms with Crippen molar-refractivity contribution in [2.24, 2.45) is 0 Å². The number of hydrogen-bond donors (Lipinski definition) is 3. The van der Waals surface area contributed by atoms with Gasteiger partial charge in [-0.15, -0.1) is 0 Å². The van der Waals surface area contributed by atoms with Gasteiger partial charge in [0.2, 0.25) is 5.89 Å². The van der Waals surface area contributed by atoms with Crippen LogP contribution < -0.4 is 10.6 Å². The van der Waals surface area contributed by atoms with Crippen LogP contribution >= 0.6 is 0 Å². The molecule has 0 aliphatic carbocycles. The molecular weight excluding hydrogens is 274 g/mol. The summed E-state index contributed by atoms with van der Waals surface area (Å²) in [5, 5.41) is 19.7. The van der Waals surface area contributed by atoms with E-state index in [2.05, 4.69) is 20.8 Å². The summed E-state index contributed by atoms with van der Waals surface area (Å²) in [6, 6.07) is 0.0379. The zero-order valence-electron chi connectivity index (χ0n) is 12.7. The zero-order chi connectivity index (χ0) is 15.5. The molecule has 0 aromatic carbocycles. The second kappa shape index (κ2) is 6.50. The minimum atomic E-state index is -1.02. The second-order valence-corrected chi connectivity index (χ2v) is 6.02. The molecule has 1 aromatic heterocycles. The van der Waals surface area contributed by atoms with Gasteiger partial charge < -0.3 is 25.2 Å². The Morgan fingerprint density at radius 3 is 3.00 bits per heavy atom. The fourth-order valence-electron chi connectivity index (χ4n) is 2.45. The van der Waals surface area contributed by atoms with Crippen LogP contribution in [0.3, 0.4) is 0 Å². The lowest BCUT2D eigenvalue weighted by molar-refractivity contribution is 0.0324.